The van der Waals surface area contributed by atoms with Gasteiger partial charge >= 0.3 is 0 Å². The van der Waals surface area contributed by atoms with Crippen LogP contribution in [0.5, 0.6) is 5.75 Å². The van der Waals surface area contributed by atoms with E-state index in [4.69, 9.17) is 20.8 Å². The van der Waals surface area contributed by atoms with Crippen molar-refractivity contribution in [2.75, 3.05) is 0 Å². The Labute approximate surface area is 139 Å². The SMILES string of the molecule is Cc1cc(OCc2ccc(/C=N/NC(=O)C3CC3)o2)ccc1Cl. The lowest BCUT2D eigenvalue weighted by Gasteiger charge is -2.05. The summed E-state index contributed by atoms with van der Waals surface area (Å²) < 4.78 is 11.2. The van der Waals surface area contributed by atoms with Crippen LogP contribution in [0.2, 0.25) is 5.02 Å². The number of hydrogen-bond donors (Lipinski definition) is 1. The number of benzene rings is 1. The maximum absolute atomic E-state index is 11.4. The minimum atomic E-state index is -0.0329. The van der Waals surface area contributed by atoms with E-state index >= 15 is 0 Å². The molecule has 0 saturated heterocycles. The van der Waals surface area contributed by atoms with E-state index in [0.29, 0.717) is 23.2 Å². The predicted octanol–water partition coefficient (Wildman–Crippen LogP) is 3.68. The summed E-state index contributed by atoms with van der Waals surface area (Å²) in [6.07, 6.45) is 3.39. The van der Waals surface area contributed by atoms with Gasteiger partial charge < -0.3 is 9.15 Å². The van der Waals surface area contributed by atoms with Gasteiger partial charge in [0.15, 0.2) is 0 Å². The molecule has 0 atom stereocenters. The number of nitrogens with one attached hydrogen (secondary N) is 1. The second kappa shape index (κ2) is 6.87. The second-order valence-electron chi connectivity index (χ2n) is 5.51. The smallest absolute Gasteiger partial charge is 0.243 e. The van der Waals surface area contributed by atoms with Crippen molar-refractivity contribution in [3.8, 4) is 5.75 Å². The van der Waals surface area contributed by atoms with Crippen molar-refractivity contribution in [3.05, 3.63) is 52.4 Å². The van der Waals surface area contributed by atoms with E-state index in [1.54, 1.807) is 12.1 Å². The zero-order valence-corrected chi connectivity index (χ0v) is 13.5. The molecule has 5 nitrogen and oxygen atoms in total. The Hall–Kier alpha value is -2.27. The molecule has 120 valence electrons. The second-order valence-corrected chi connectivity index (χ2v) is 5.92. The highest BCUT2D eigenvalue weighted by atomic mass is 35.5. The summed E-state index contributed by atoms with van der Waals surface area (Å²) in [5.41, 5.74) is 3.46. The Kier molecular flexibility index (Phi) is 4.67. The normalized spacial score (nSPS) is 14.2. The third-order valence-electron chi connectivity index (χ3n) is 3.51. The lowest BCUT2D eigenvalue weighted by molar-refractivity contribution is -0.122. The third-order valence-corrected chi connectivity index (χ3v) is 3.93. The highest BCUT2D eigenvalue weighted by molar-refractivity contribution is 6.31. The standard InChI is InChI=1S/C17H17ClN2O3/c1-11-8-13(6-7-16(11)18)22-10-15-5-4-14(23-15)9-19-20-17(21)12-2-3-12/h4-9,12H,2-3,10H2,1H3,(H,20,21)/b19-9+. The Morgan fingerprint density at radius 2 is 2.26 bits per heavy atom. The molecule has 1 fully saturated rings. The summed E-state index contributed by atoms with van der Waals surface area (Å²) in [6, 6.07) is 9.08. The van der Waals surface area contributed by atoms with E-state index in [0.717, 1.165) is 24.2 Å². The van der Waals surface area contributed by atoms with E-state index < -0.39 is 0 Å². The van der Waals surface area contributed by atoms with E-state index in [-0.39, 0.29) is 11.8 Å². The highest BCUT2D eigenvalue weighted by Gasteiger charge is 2.29. The molecule has 1 aliphatic rings. The molecule has 0 spiro atoms. The fourth-order valence-electron chi connectivity index (χ4n) is 2.00. The molecule has 1 heterocycles. The van der Waals surface area contributed by atoms with Gasteiger partial charge in [-0.05, 0) is 55.7 Å². The number of rotatable bonds is 6. The van der Waals surface area contributed by atoms with Crippen molar-refractivity contribution in [2.24, 2.45) is 11.0 Å². The topological polar surface area (TPSA) is 63.8 Å². The van der Waals surface area contributed by atoms with Crippen LogP contribution >= 0.6 is 11.6 Å². The fraction of sp³-hybridized carbons (Fsp3) is 0.294. The molecule has 23 heavy (non-hydrogen) atoms. The number of furan rings is 1. The predicted molar refractivity (Wildman–Crippen MR) is 87.7 cm³/mol. The third kappa shape index (κ3) is 4.36. The van der Waals surface area contributed by atoms with Gasteiger partial charge in [-0.15, -0.1) is 0 Å². The summed E-state index contributed by atoms with van der Waals surface area (Å²) in [6.45, 7) is 2.23. The lowest BCUT2D eigenvalue weighted by atomic mass is 10.2. The van der Waals surface area contributed by atoms with Crippen molar-refractivity contribution in [1.82, 2.24) is 5.43 Å². The number of aryl methyl sites for hydroxylation is 1. The first kappa shape index (κ1) is 15.6. The van der Waals surface area contributed by atoms with Crippen LogP contribution in [0.15, 0.2) is 39.9 Å². The first-order valence-electron chi connectivity index (χ1n) is 7.42. The molecule has 0 aliphatic heterocycles. The fourth-order valence-corrected chi connectivity index (χ4v) is 2.12. The van der Waals surface area contributed by atoms with Gasteiger partial charge in [0.25, 0.3) is 0 Å². The van der Waals surface area contributed by atoms with Crippen molar-refractivity contribution in [3.63, 3.8) is 0 Å². The Bertz CT molecular complexity index is 735. The van der Waals surface area contributed by atoms with Gasteiger partial charge in [0.1, 0.15) is 23.9 Å². The van der Waals surface area contributed by atoms with Gasteiger partial charge in [-0.1, -0.05) is 11.6 Å². The van der Waals surface area contributed by atoms with E-state index in [9.17, 15) is 4.79 Å². The van der Waals surface area contributed by atoms with Crippen LogP contribution in [-0.4, -0.2) is 12.1 Å². The molecule has 3 rings (SSSR count). The minimum absolute atomic E-state index is 0.0329. The molecule has 0 unspecified atom stereocenters. The van der Waals surface area contributed by atoms with Gasteiger partial charge in [-0.3, -0.25) is 4.79 Å². The van der Waals surface area contributed by atoms with E-state index in [2.05, 4.69) is 10.5 Å². The Morgan fingerprint density at radius 1 is 1.43 bits per heavy atom. The monoisotopic (exact) mass is 332 g/mol. The van der Waals surface area contributed by atoms with Crippen molar-refractivity contribution in [1.29, 1.82) is 0 Å². The highest BCUT2D eigenvalue weighted by Crippen LogP contribution is 2.28. The summed E-state index contributed by atoms with van der Waals surface area (Å²) in [5.74, 6) is 2.07. The lowest BCUT2D eigenvalue weighted by Crippen LogP contribution is -2.18. The number of carbonyl (C=O) groups excluding carboxylic acids is 1. The first-order chi connectivity index (χ1) is 11.1. The van der Waals surface area contributed by atoms with Crippen LogP contribution in [0.3, 0.4) is 0 Å². The van der Waals surface area contributed by atoms with Crippen LogP contribution in [0, 0.1) is 12.8 Å². The van der Waals surface area contributed by atoms with Crippen LogP contribution < -0.4 is 10.2 Å². The maximum atomic E-state index is 11.4. The number of nitrogens with zero attached hydrogens (tertiary/aromatic N) is 1. The van der Waals surface area contributed by atoms with E-state index in [1.807, 2.05) is 25.1 Å². The van der Waals surface area contributed by atoms with Crippen LogP contribution in [0.4, 0.5) is 0 Å². The average molecular weight is 333 g/mol. The maximum Gasteiger partial charge on any atom is 0.243 e. The number of ether oxygens (including phenoxy) is 1. The van der Waals surface area contributed by atoms with Crippen LogP contribution in [0.25, 0.3) is 0 Å². The molecule has 6 heteroatoms. The Morgan fingerprint density at radius 3 is 3.00 bits per heavy atom. The zero-order valence-electron chi connectivity index (χ0n) is 12.7. The molecular weight excluding hydrogens is 316 g/mol. The molecule has 1 N–H and O–H groups in total. The van der Waals surface area contributed by atoms with Crippen LogP contribution in [0.1, 0.15) is 29.9 Å². The largest absolute Gasteiger partial charge is 0.486 e. The number of hydrazone groups is 1. The number of carbonyl (C=O) groups is 1. The van der Waals surface area contributed by atoms with Crippen LogP contribution in [-0.2, 0) is 11.4 Å². The summed E-state index contributed by atoms with van der Waals surface area (Å²) in [5, 5.41) is 4.59. The molecule has 1 saturated carbocycles. The van der Waals surface area contributed by atoms with Gasteiger partial charge in [-0.2, -0.15) is 5.10 Å². The molecule has 0 bridgehead atoms. The van der Waals surface area contributed by atoms with Crippen molar-refractivity contribution >= 4 is 23.7 Å². The van der Waals surface area contributed by atoms with Crippen molar-refractivity contribution in [2.45, 2.75) is 26.4 Å². The molecule has 1 aliphatic carbocycles. The molecule has 1 aromatic heterocycles. The number of halogens is 1. The molecular formula is C17H17ClN2O3. The summed E-state index contributed by atoms with van der Waals surface area (Å²) in [7, 11) is 0. The summed E-state index contributed by atoms with van der Waals surface area (Å²) >= 11 is 5.98. The van der Waals surface area contributed by atoms with Crippen molar-refractivity contribution < 1.29 is 13.9 Å². The van der Waals surface area contributed by atoms with Gasteiger partial charge in [0.05, 0.1) is 6.21 Å². The zero-order chi connectivity index (χ0) is 16.2. The van der Waals surface area contributed by atoms with Gasteiger partial charge in [0, 0.05) is 10.9 Å². The number of amides is 1. The van der Waals surface area contributed by atoms with Gasteiger partial charge in [-0.25, -0.2) is 5.43 Å². The molecule has 2 aromatic rings. The molecule has 1 amide bonds. The summed E-state index contributed by atoms with van der Waals surface area (Å²) in [4.78, 5) is 11.4. The first-order valence-corrected chi connectivity index (χ1v) is 7.80. The van der Waals surface area contributed by atoms with Gasteiger partial charge in [0.2, 0.25) is 5.91 Å². The quantitative estimate of drug-likeness (QED) is 0.648. The Balaban J connectivity index is 1.51. The molecule has 1 aromatic carbocycles. The molecule has 0 radical (unpaired) electrons. The average Bonchev–Trinajstić information content (AvgIpc) is 3.29. The minimum Gasteiger partial charge on any atom is -0.486 e. The number of hydrogen-bond acceptors (Lipinski definition) is 4. The van der Waals surface area contributed by atoms with E-state index in [1.165, 1.54) is 6.21 Å².